The Kier molecular flexibility index (Phi) is 5.25. The lowest BCUT2D eigenvalue weighted by Crippen LogP contribution is -2.28. The second-order valence-corrected chi connectivity index (χ2v) is 4.47. The molecule has 21 heavy (non-hydrogen) atoms. The van der Waals surface area contributed by atoms with Gasteiger partial charge in [0.15, 0.2) is 11.6 Å². The fourth-order valence-electron chi connectivity index (χ4n) is 1.80. The van der Waals surface area contributed by atoms with Crippen molar-refractivity contribution in [3.05, 3.63) is 42.1 Å². The normalized spacial score (nSPS) is 10.4. The summed E-state index contributed by atoms with van der Waals surface area (Å²) < 4.78 is 15.8. The third-order valence-electron chi connectivity index (χ3n) is 2.86. The number of carbonyl (C=O) groups excluding carboxylic acids is 1. The highest BCUT2D eigenvalue weighted by molar-refractivity contribution is 5.95. The van der Waals surface area contributed by atoms with Crippen LogP contribution in [0.2, 0.25) is 0 Å². The minimum atomic E-state index is -0.623. The van der Waals surface area contributed by atoms with Gasteiger partial charge in [0.05, 0.1) is 12.1 Å². The molecule has 0 aliphatic carbocycles. The summed E-state index contributed by atoms with van der Waals surface area (Å²) in [5, 5.41) is 9.54. The van der Waals surface area contributed by atoms with E-state index in [1.807, 2.05) is 6.92 Å². The van der Waals surface area contributed by atoms with Gasteiger partial charge >= 0.3 is 0 Å². The molecule has 0 aromatic carbocycles. The van der Waals surface area contributed by atoms with Gasteiger partial charge in [-0.1, -0.05) is 6.92 Å². The molecule has 0 unspecified atom stereocenters. The number of hydrogen-bond acceptors (Lipinski definition) is 4. The molecule has 6 nitrogen and oxygen atoms in total. The number of aromatic nitrogens is 3. The smallest absolute Gasteiger partial charge is 0.254 e. The summed E-state index contributed by atoms with van der Waals surface area (Å²) in [6.07, 6.45) is 5.73. The van der Waals surface area contributed by atoms with Crippen LogP contribution in [0.4, 0.5) is 10.2 Å². The van der Waals surface area contributed by atoms with Crippen molar-refractivity contribution in [3.8, 4) is 0 Å². The summed E-state index contributed by atoms with van der Waals surface area (Å²) in [5.74, 6) is -0.972. The minimum Gasteiger partial charge on any atom is -0.368 e. The molecule has 0 aliphatic heterocycles. The van der Waals surface area contributed by atoms with Crippen molar-refractivity contribution in [1.82, 2.24) is 20.1 Å². The summed E-state index contributed by atoms with van der Waals surface area (Å²) in [6.45, 7) is 3.48. The topological polar surface area (TPSA) is 71.8 Å². The Balaban J connectivity index is 1.95. The van der Waals surface area contributed by atoms with E-state index in [0.29, 0.717) is 19.6 Å². The highest BCUT2D eigenvalue weighted by Crippen LogP contribution is 2.14. The van der Waals surface area contributed by atoms with Crippen LogP contribution >= 0.6 is 0 Å². The van der Waals surface area contributed by atoms with Crippen molar-refractivity contribution in [2.24, 2.45) is 0 Å². The molecule has 0 radical (unpaired) electrons. The van der Waals surface area contributed by atoms with Crippen LogP contribution in [0.3, 0.4) is 0 Å². The molecular formula is C14H18FN5O. The first-order valence-electron chi connectivity index (χ1n) is 6.86. The Labute approximate surface area is 122 Å². The Morgan fingerprint density at radius 2 is 2.24 bits per heavy atom. The quantitative estimate of drug-likeness (QED) is 0.814. The first-order valence-corrected chi connectivity index (χ1v) is 6.86. The number of carbonyl (C=O) groups is 1. The van der Waals surface area contributed by atoms with Gasteiger partial charge in [0.25, 0.3) is 5.91 Å². The van der Waals surface area contributed by atoms with Crippen LogP contribution in [0.15, 0.2) is 30.7 Å². The molecule has 0 bridgehead atoms. The monoisotopic (exact) mass is 291 g/mol. The van der Waals surface area contributed by atoms with Crippen molar-refractivity contribution >= 4 is 11.7 Å². The van der Waals surface area contributed by atoms with Crippen molar-refractivity contribution in [3.63, 3.8) is 0 Å². The van der Waals surface area contributed by atoms with Crippen LogP contribution in [0.5, 0.6) is 0 Å². The van der Waals surface area contributed by atoms with E-state index in [9.17, 15) is 9.18 Å². The number of pyridine rings is 1. The largest absolute Gasteiger partial charge is 0.368 e. The molecule has 0 atom stereocenters. The van der Waals surface area contributed by atoms with Gasteiger partial charge in [-0.2, -0.15) is 5.10 Å². The van der Waals surface area contributed by atoms with Crippen molar-refractivity contribution in [2.45, 2.75) is 19.9 Å². The lowest BCUT2D eigenvalue weighted by Gasteiger charge is -2.09. The van der Waals surface area contributed by atoms with Crippen LogP contribution in [-0.2, 0) is 6.54 Å². The maximum atomic E-state index is 14.1. The molecule has 1 amide bonds. The van der Waals surface area contributed by atoms with Gasteiger partial charge in [-0.25, -0.2) is 9.37 Å². The number of rotatable bonds is 7. The molecule has 2 N–H and O–H groups in total. The molecular weight excluding hydrogens is 273 g/mol. The second kappa shape index (κ2) is 7.37. The van der Waals surface area contributed by atoms with Crippen molar-refractivity contribution < 1.29 is 9.18 Å². The SMILES string of the molecule is CCCNc1nccc(C(=O)NCCn2cccn2)c1F. The predicted molar refractivity (Wildman–Crippen MR) is 77.5 cm³/mol. The van der Waals surface area contributed by atoms with Crippen LogP contribution in [0.1, 0.15) is 23.7 Å². The minimum absolute atomic E-state index is 0.0101. The maximum absolute atomic E-state index is 14.1. The van der Waals surface area contributed by atoms with Gasteiger partial charge in [-0.05, 0) is 18.6 Å². The van der Waals surface area contributed by atoms with E-state index >= 15 is 0 Å². The van der Waals surface area contributed by atoms with E-state index in [1.54, 1.807) is 23.1 Å². The molecule has 0 spiro atoms. The first-order chi connectivity index (χ1) is 10.2. The average Bonchev–Trinajstić information content (AvgIpc) is 2.99. The molecule has 112 valence electrons. The number of nitrogens with one attached hydrogen (secondary N) is 2. The van der Waals surface area contributed by atoms with E-state index in [0.717, 1.165) is 6.42 Å². The third kappa shape index (κ3) is 4.01. The van der Waals surface area contributed by atoms with Crippen LogP contribution in [0, 0.1) is 5.82 Å². The van der Waals surface area contributed by atoms with Gasteiger partial charge in [-0.15, -0.1) is 0 Å². The average molecular weight is 291 g/mol. The molecule has 0 saturated heterocycles. The number of amides is 1. The van der Waals surface area contributed by atoms with Gasteiger partial charge in [-0.3, -0.25) is 9.48 Å². The van der Waals surface area contributed by atoms with Gasteiger partial charge in [0.1, 0.15) is 0 Å². The summed E-state index contributed by atoms with van der Waals surface area (Å²) >= 11 is 0. The number of nitrogens with zero attached hydrogens (tertiary/aromatic N) is 3. The Bertz CT molecular complexity index is 585. The summed E-state index contributed by atoms with van der Waals surface area (Å²) in [6, 6.07) is 3.17. The maximum Gasteiger partial charge on any atom is 0.254 e. The van der Waals surface area contributed by atoms with Crippen LogP contribution in [-0.4, -0.2) is 33.8 Å². The molecule has 0 saturated carbocycles. The molecule has 2 aromatic rings. The Hall–Kier alpha value is -2.44. The van der Waals surface area contributed by atoms with Gasteiger partial charge in [0, 0.05) is 31.7 Å². The van der Waals surface area contributed by atoms with E-state index in [1.165, 1.54) is 12.3 Å². The summed E-state index contributed by atoms with van der Waals surface area (Å²) in [4.78, 5) is 15.9. The number of anilines is 1. The zero-order valence-electron chi connectivity index (χ0n) is 11.8. The van der Waals surface area contributed by atoms with E-state index in [-0.39, 0.29) is 11.4 Å². The zero-order chi connectivity index (χ0) is 15.1. The Morgan fingerprint density at radius 1 is 1.38 bits per heavy atom. The first kappa shape index (κ1) is 15.0. The molecule has 7 heteroatoms. The van der Waals surface area contributed by atoms with E-state index in [2.05, 4.69) is 20.7 Å². The lowest BCUT2D eigenvalue weighted by atomic mass is 10.2. The van der Waals surface area contributed by atoms with E-state index in [4.69, 9.17) is 0 Å². The zero-order valence-corrected chi connectivity index (χ0v) is 11.8. The Morgan fingerprint density at radius 3 is 2.95 bits per heavy atom. The number of hydrogen-bond donors (Lipinski definition) is 2. The fourth-order valence-corrected chi connectivity index (χ4v) is 1.80. The third-order valence-corrected chi connectivity index (χ3v) is 2.86. The highest BCUT2D eigenvalue weighted by Gasteiger charge is 2.15. The number of halogens is 1. The standard InChI is InChI=1S/C14H18FN5O/c1-2-5-16-13-12(15)11(4-7-17-13)14(21)18-8-10-20-9-3-6-19-20/h3-4,6-7,9H,2,5,8,10H2,1H3,(H,16,17)(H,18,21). The van der Waals surface area contributed by atoms with Crippen molar-refractivity contribution in [2.75, 3.05) is 18.4 Å². The molecule has 0 aliphatic rings. The van der Waals surface area contributed by atoms with Crippen LogP contribution < -0.4 is 10.6 Å². The van der Waals surface area contributed by atoms with E-state index < -0.39 is 11.7 Å². The molecule has 2 aromatic heterocycles. The molecule has 2 rings (SSSR count). The van der Waals surface area contributed by atoms with Gasteiger partial charge in [0.2, 0.25) is 0 Å². The van der Waals surface area contributed by atoms with Crippen LogP contribution in [0.25, 0.3) is 0 Å². The summed E-state index contributed by atoms with van der Waals surface area (Å²) in [5.41, 5.74) is -0.0101. The molecule has 2 heterocycles. The predicted octanol–water partition coefficient (Wildman–Crippen LogP) is 1.67. The fraction of sp³-hybridized carbons (Fsp3) is 0.357. The second-order valence-electron chi connectivity index (χ2n) is 4.47. The van der Waals surface area contributed by atoms with Gasteiger partial charge < -0.3 is 10.6 Å². The molecule has 0 fully saturated rings. The summed E-state index contributed by atoms with van der Waals surface area (Å²) in [7, 11) is 0. The lowest BCUT2D eigenvalue weighted by molar-refractivity contribution is 0.0948. The van der Waals surface area contributed by atoms with Crippen molar-refractivity contribution in [1.29, 1.82) is 0 Å². The highest BCUT2D eigenvalue weighted by atomic mass is 19.1.